The molecule has 4 rings (SSSR count). The van der Waals surface area contributed by atoms with Crippen LogP contribution >= 0.6 is 0 Å². The van der Waals surface area contributed by atoms with Gasteiger partial charge in [-0.15, -0.1) is 0 Å². The van der Waals surface area contributed by atoms with Gasteiger partial charge in [0.1, 0.15) is 5.75 Å². The van der Waals surface area contributed by atoms with Gasteiger partial charge in [0.05, 0.1) is 19.1 Å². The predicted octanol–water partition coefficient (Wildman–Crippen LogP) is 2.95. The molecule has 6 heteroatoms. The zero-order valence-corrected chi connectivity index (χ0v) is 17.7. The first-order valence-electron chi connectivity index (χ1n) is 10.6. The van der Waals surface area contributed by atoms with Gasteiger partial charge >= 0.3 is 0 Å². The Hall–Kier alpha value is -3.02. The van der Waals surface area contributed by atoms with Crippen molar-refractivity contribution >= 4 is 17.5 Å². The summed E-state index contributed by atoms with van der Waals surface area (Å²) >= 11 is 0. The number of para-hydroxylation sites is 1. The molecule has 2 aromatic carbocycles. The smallest absolute Gasteiger partial charge is 0.228 e. The fourth-order valence-corrected chi connectivity index (χ4v) is 4.61. The third-order valence-electron chi connectivity index (χ3n) is 6.35. The van der Waals surface area contributed by atoms with Crippen molar-refractivity contribution in [2.45, 2.75) is 18.9 Å². The highest BCUT2D eigenvalue weighted by Gasteiger charge is 2.41. The molecule has 2 saturated heterocycles. The molecule has 2 heterocycles. The Bertz CT molecular complexity index is 876. The first-order chi connectivity index (χ1) is 14.6. The Labute approximate surface area is 178 Å². The summed E-state index contributed by atoms with van der Waals surface area (Å²) in [5, 5.41) is 0. The number of hydrogen-bond acceptors (Lipinski definition) is 4. The number of benzene rings is 2. The summed E-state index contributed by atoms with van der Waals surface area (Å²) in [6.45, 7) is 3.06. The van der Waals surface area contributed by atoms with Crippen molar-refractivity contribution in [1.29, 1.82) is 0 Å². The monoisotopic (exact) mass is 407 g/mol. The first-order valence-corrected chi connectivity index (χ1v) is 10.6. The second-order valence-electron chi connectivity index (χ2n) is 8.02. The minimum absolute atomic E-state index is 0.0914. The number of likely N-dealkylation sites (tertiary alicyclic amines) is 1. The van der Waals surface area contributed by atoms with E-state index in [0.717, 1.165) is 24.4 Å². The van der Waals surface area contributed by atoms with Crippen molar-refractivity contribution in [1.82, 2.24) is 9.80 Å². The van der Waals surface area contributed by atoms with Gasteiger partial charge in [-0.05, 0) is 36.2 Å². The molecule has 0 N–H and O–H groups in total. The molecule has 0 radical (unpaired) electrons. The van der Waals surface area contributed by atoms with Crippen molar-refractivity contribution in [3.63, 3.8) is 0 Å². The lowest BCUT2D eigenvalue weighted by atomic mass is 9.83. The van der Waals surface area contributed by atoms with E-state index in [2.05, 4.69) is 17.0 Å². The minimum Gasteiger partial charge on any atom is -0.497 e. The van der Waals surface area contributed by atoms with E-state index in [0.29, 0.717) is 25.9 Å². The van der Waals surface area contributed by atoms with Crippen LogP contribution in [0.1, 0.15) is 24.4 Å². The number of carbonyl (C=O) groups is 2. The van der Waals surface area contributed by atoms with Crippen LogP contribution in [0.4, 0.5) is 5.69 Å². The number of amides is 2. The minimum atomic E-state index is -0.239. The van der Waals surface area contributed by atoms with Gasteiger partial charge in [-0.1, -0.05) is 30.3 Å². The molecule has 0 saturated carbocycles. The molecular formula is C24H29N3O3. The van der Waals surface area contributed by atoms with Crippen LogP contribution in [-0.4, -0.2) is 62.0 Å². The van der Waals surface area contributed by atoms with Crippen LogP contribution in [-0.2, 0) is 9.59 Å². The summed E-state index contributed by atoms with van der Waals surface area (Å²) in [4.78, 5) is 32.0. The fraction of sp³-hybridized carbons (Fsp3) is 0.417. The van der Waals surface area contributed by atoms with E-state index in [1.807, 2.05) is 54.4 Å². The Morgan fingerprint density at radius 2 is 1.63 bits per heavy atom. The van der Waals surface area contributed by atoms with E-state index in [1.165, 1.54) is 5.69 Å². The summed E-state index contributed by atoms with van der Waals surface area (Å²) in [5.41, 5.74) is 2.18. The third-order valence-corrected chi connectivity index (χ3v) is 6.35. The number of hydrogen-bond donors (Lipinski definition) is 0. The van der Waals surface area contributed by atoms with Crippen molar-refractivity contribution in [3.05, 3.63) is 60.2 Å². The number of nitrogens with zero attached hydrogens (tertiary/aromatic N) is 3. The Morgan fingerprint density at radius 3 is 2.27 bits per heavy atom. The van der Waals surface area contributed by atoms with Crippen molar-refractivity contribution < 1.29 is 14.3 Å². The average molecular weight is 408 g/mol. The van der Waals surface area contributed by atoms with E-state index in [1.54, 1.807) is 12.0 Å². The number of piperazine rings is 1. The molecular weight excluding hydrogens is 378 g/mol. The second kappa shape index (κ2) is 8.78. The summed E-state index contributed by atoms with van der Waals surface area (Å²) in [7, 11) is 3.44. The van der Waals surface area contributed by atoms with Gasteiger partial charge in [-0.2, -0.15) is 0 Å². The molecule has 2 aliphatic rings. The molecule has 2 aromatic rings. The zero-order valence-electron chi connectivity index (χ0n) is 17.7. The maximum absolute atomic E-state index is 13.5. The van der Waals surface area contributed by atoms with Gasteiger partial charge in [0, 0.05) is 45.3 Å². The normalized spacial score (nSPS) is 22.2. The van der Waals surface area contributed by atoms with Gasteiger partial charge in [0.15, 0.2) is 0 Å². The molecule has 2 atom stereocenters. The van der Waals surface area contributed by atoms with E-state index in [4.69, 9.17) is 4.74 Å². The number of anilines is 1. The van der Waals surface area contributed by atoms with Crippen LogP contribution in [0.25, 0.3) is 0 Å². The van der Waals surface area contributed by atoms with Crippen LogP contribution in [0.3, 0.4) is 0 Å². The molecule has 0 bridgehead atoms. The van der Waals surface area contributed by atoms with Crippen LogP contribution in [0, 0.1) is 5.92 Å². The maximum Gasteiger partial charge on any atom is 0.228 e. The summed E-state index contributed by atoms with van der Waals surface area (Å²) in [6, 6.07) is 17.8. The van der Waals surface area contributed by atoms with E-state index < -0.39 is 0 Å². The SMILES string of the molecule is COc1ccc([C@H]2[C@H](C(=O)N3CCN(c4ccccc4)CC3)CCC(=O)N2C)cc1. The quantitative estimate of drug-likeness (QED) is 0.782. The lowest BCUT2D eigenvalue weighted by Gasteiger charge is -2.43. The Morgan fingerprint density at radius 1 is 0.967 bits per heavy atom. The number of ether oxygens (including phenoxy) is 1. The lowest BCUT2D eigenvalue weighted by molar-refractivity contribution is -0.146. The highest BCUT2D eigenvalue weighted by atomic mass is 16.5. The molecule has 0 aromatic heterocycles. The summed E-state index contributed by atoms with van der Waals surface area (Å²) < 4.78 is 5.26. The number of rotatable bonds is 4. The number of methoxy groups -OCH3 is 1. The van der Waals surface area contributed by atoms with E-state index in [-0.39, 0.29) is 23.8 Å². The van der Waals surface area contributed by atoms with Gasteiger partial charge in [-0.25, -0.2) is 0 Å². The third kappa shape index (κ3) is 3.99. The Kier molecular flexibility index (Phi) is 5.93. The summed E-state index contributed by atoms with van der Waals surface area (Å²) in [5.74, 6) is 0.796. The highest BCUT2D eigenvalue weighted by molar-refractivity contribution is 5.85. The molecule has 2 fully saturated rings. The summed E-state index contributed by atoms with van der Waals surface area (Å²) in [6.07, 6.45) is 1.02. The molecule has 30 heavy (non-hydrogen) atoms. The van der Waals surface area contributed by atoms with E-state index in [9.17, 15) is 9.59 Å². The predicted molar refractivity (Wildman–Crippen MR) is 116 cm³/mol. The van der Waals surface area contributed by atoms with Gasteiger partial charge < -0.3 is 19.4 Å². The van der Waals surface area contributed by atoms with Crippen molar-refractivity contribution in [2.24, 2.45) is 5.92 Å². The van der Waals surface area contributed by atoms with Gasteiger partial charge in [-0.3, -0.25) is 9.59 Å². The van der Waals surface area contributed by atoms with Crippen LogP contribution in [0.5, 0.6) is 5.75 Å². The molecule has 158 valence electrons. The van der Waals surface area contributed by atoms with Crippen LogP contribution in [0.2, 0.25) is 0 Å². The fourth-order valence-electron chi connectivity index (χ4n) is 4.61. The van der Waals surface area contributed by atoms with Gasteiger partial charge in [0.2, 0.25) is 11.8 Å². The van der Waals surface area contributed by atoms with Crippen LogP contribution < -0.4 is 9.64 Å². The maximum atomic E-state index is 13.5. The first kappa shape index (κ1) is 20.3. The second-order valence-corrected chi connectivity index (χ2v) is 8.02. The molecule has 6 nitrogen and oxygen atoms in total. The number of piperidine rings is 1. The largest absolute Gasteiger partial charge is 0.497 e. The molecule has 0 unspecified atom stereocenters. The van der Waals surface area contributed by atoms with E-state index >= 15 is 0 Å². The van der Waals surface area contributed by atoms with Crippen molar-refractivity contribution in [2.75, 3.05) is 45.2 Å². The number of carbonyl (C=O) groups excluding carboxylic acids is 2. The standard InChI is InChI=1S/C24H29N3O3/c1-25-22(28)13-12-21(23(25)18-8-10-20(30-2)11-9-18)24(29)27-16-14-26(15-17-27)19-6-4-3-5-7-19/h3-11,21,23H,12-17H2,1-2H3/t21-,23+/m1/s1. The zero-order chi connectivity index (χ0) is 21.1. The molecule has 0 aliphatic carbocycles. The topological polar surface area (TPSA) is 53.1 Å². The molecule has 0 spiro atoms. The Balaban J connectivity index is 1.49. The van der Waals surface area contributed by atoms with Gasteiger partial charge in [0.25, 0.3) is 0 Å². The van der Waals surface area contributed by atoms with Crippen LogP contribution in [0.15, 0.2) is 54.6 Å². The van der Waals surface area contributed by atoms with Crippen molar-refractivity contribution in [3.8, 4) is 5.75 Å². The molecule has 2 aliphatic heterocycles. The highest BCUT2D eigenvalue weighted by Crippen LogP contribution is 2.37. The lowest BCUT2D eigenvalue weighted by Crippen LogP contribution is -2.53. The average Bonchev–Trinajstić information content (AvgIpc) is 2.81. The molecule has 2 amide bonds.